The molecule has 1 N–H and O–H groups in total. The lowest BCUT2D eigenvalue weighted by molar-refractivity contribution is -0.132. The lowest BCUT2D eigenvalue weighted by atomic mass is 10.1. The predicted molar refractivity (Wildman–Crippen MR) is 88.0 cm³/mol. The summed E-state index contributed by atoms with van der Waals surface area (Å²) in [6.07, 6.45) is -0.717. The first-order valence-electron chi connectivity index (χ1n) is 7.55. The number of benzene rings is 2. The average Bonchev–Trinajstić information content (AvgIpc) is 2.49. The first-order valence-corrected chi connectivity index (χ1v) is 7.55. The topological polar surface area (TPSA) is 49.8 Å². The molecule has 0 radical (unpaired) electrons. The molecule has 0 saturated carbocycles. The number of aliphatic hydroxyl groups excluding tert-OH is 1. The summed E-state index contributed by atoms with van der Waals surface area (Å²) < 4.78 is 5.75. The molecule has 1 amide bonds. The van der Waals surface area contributed by atoms with Gasteiger partial charge in [-0.2, -0.15) is 0 Å². The summed E-state index contributed by atoms with van der Waals surface area (Å²) >= 11 is 0. The molecule has 1 atom stereocenters. The van der Waals surface area contributed by atoms with Gasteiger partial charge >= 0.3 is 0 Å². The Kier molecular flexibility index (Phi) is 5.39. The minimum absolute atomic E-state index is 0.0424. The summed E-state index contributed by atoms with van der Waals surface area (Å²) in [5.41, 5.74) is 0. The van der Waals surface area contributed by atoms with Crippen LogP contribution in [-0.4, -0.2) is 41.2 Å². The van der Waals surface area contributed by atoms with Crippen LogP contribution < -0.4 is 4.74 Å². The molecule has 4 heteroatoms. The number of nitrogens with zero attached hydrogens (tertiary/aromatic N) is 1. The molecule has 0 fully saturated rings. The van der Waals surface area contributed by atoms with Crippen molar-refractivity contribution >= 4 is 16.7 Å². The lowest BCUT2D eigenvalue weighted by Crippen LogP contribution is -2.42. The minimum atomic E-state index is -0.717. The highest BCUT2D eigenvalue weighted by molar-refractivity contribution is 5.88. The molecule has 0 saturated heterocycles. The third kappa shape index (κ3) is 3.98. The Labute approximate surface area is 131 Å². The van der Waals surface area contributed by atoms with Gasteiger partial charge in [0.15, 0.2) is 0 Å². The first-order chi connectivity index (χ1) is 10.5. The van der Waals surface area contributed by atoms with Crippen molar-refractivity contribution in [3.05, 3.63) is 42.5 Å². The van der Waals surface area contributed by atoms with Gasteiger partial charge in [0.25, 0.3) is 0 Å². The first kappa shape index (κ1) is 16.3. The Hall–Kier alpha value is -2.07. The van der Waals surface area contributed by atoms with Crippen molar-refractivity contribution in [2.45, 2.75) is 32.9 Å². The van der Waals surface area contributed by atoms with Gasteiger partial charge in [0, 0.05) is 18.4 Å². The van der Waals surface area contributed by atoms with Crippen LogP contribution in [-0.2, 0) is 4.79 Å². The molecule has 0 aliphatic rings. The van der Waals surface area contributed by atoms with E-state index in [0.717, 1.165) is 16.5 Å². The van der Waals surface area contributed by atoms with E-state index in [0.29, 0.717) is 0 Å². The number of carbonyl (C=O) groups is 1. The number of hydrogen-bond donors (Lipinski definition) is 1. The van der Waals surface area contributed by atoms with E-state index < -0.39 is 6.10 Å². The number of amides is 1. The SMILES string of the molecule is CC(=O)N(C[C@@H](O)COc1cccc2ccccc12)C(C)C. The van der Waals surface area contributed by atoms with Crippen molar-refractivity contribution in [3.8, 4) is 5.75 Å². The van der Waals surface area contributed by atoms with E-state index in [1.54, 1.807) is 4.90 Å². The van der Waals surface area contributed by atoms with Crippen LogP contribution in [0.3, 0.4) is 0 Å². The standard InChI is InChI=1S/C18H23NO3/c1-13(2)19(14(3)20)11-16(21)12-22-18-10-6-8-15-7-4-5-9-17(15)18/h4-10,13,16,21H,11-12H2,1-3H3/t16-/m1/s1. The van der Waals surface area contributed by atoms with Gasteiger partial charge in [-0.25, -0.2) is 0 Å². The Morgan fingerprint density at radius 3 is 2.55 bits per heavy atom. The highest BCUT2D eigenvalue weighted by atomic mass is 16.5. The minimum Gasteiger partial charge on any atom is -0.490 e. The Balaban J connectivity index is 2.01. The largest absolute Gasteiger partial charge is 0.490 e. The van der Waals surface area contributed by atoms with Gasteiger partial charge in [-0.1, -0.05) is 36.4 Å². The molecule has 2 aromatic rings. The van der Waals surface area contributed by atoms with E-state index in [2.05, 4.69) is 0 Å². The maximum Gasteiger partial charge on any atom is 0.219 e. The number of aliphatic hydroxyl groups is 1. The normalized spacial score (nSPS) is 12.4. The van der Waals surface area contributed by atoms with Gasteiger partial charge in [0.2, 0.25) is 5.91 Å². The summed E-state index contributed by atoms with van der Waals surface area (Å²) in [6, 6.07) is 13.9. The van der Waals surface area contributed by atoms with Gasteiger partial charge in [-0.15, -0.1) is 0 Å². The molecular weight excluding hydrogens is 278 g/mol. The number of rotatable bonds is 6. The van der Waals surface area contributed by atoms with E-state index in [9.17, 15) is 9.90 Å². The molecule has 0 aliphatic heterocycles. The number of carbonyl (C=O) groups excluding carboxylic acids is 1. The van der Waals surface area contributed by atoms with E-state index in [4.69, 9.17) is 4.74 Å². The molecule has 0 aromatic heterocycles. The lowest BCUT2D eigenvalue weighted by Gasteiger charge is -2.27. The quantitative estimate of drug-likeness (QED) is 0.892. The van der Waals surface area contributed by atoms with E-state index >= 15 is 0 Å². The summed E-state index contributed by atoms with van der Waals surface area (Å²) in [4.78, 5) is 13.2. The van der Waals surface area contributed by atoms with Crippen molar-refractivity contribution in [3.63, 3.8) is 0 Å². The molecule has 0 unspecified atom stereocenters. The number of fused-ring (bicyclic) bond motifs is 1. The maximum atomic E-state index is 11.5. The van der Waals surface area contributed by atoms with Crippen molar-refractivity contribution in [2.24, 2.45) is 0 Å². The fourth-order valence-electron chi connectivity index (χ4n) is 2.49. The maximum absolute atomic E-state index is 11.5. The zero-order valence-corrected chi connectivity index (χ0v) is 13.3. The van der Waals surface area contributed by atoms with Crippen molar-refractivity contribution in [2.75, 3.05) is 13.2 Å². The van der Waals surface area contributed by atoms with Crippen LogP contribution in [0.25, 0.3) is 10.8 Å². The van der Waals surface area contributed by atoms with E-state index in [1.807, 2.05) is 56.3 Å². The van der Waals surface area contributed by atoms with Gasteiger partial charge in [-0.3, -0.25) is 4.79 Å². The fourth-order valence-corrected chi connectivity index (χ4v) is 2.49. The van der Waals surface area contributed by atoms with E-state index in [1.165, 1.54) is 6.92 Å². The molecule has 22 heavy (non-hydrogen) atoms. The molecule has 0 heterocycles. The van der Waals surface area contributed by atoms with Crippen LogP contribution in [0.1, 0.15) is 20.8 Å². The van der Waals surface area contributed by atoms with Gasteiger partial charge in [0.05, 0.1) is 6.54 Å². The van der Waals surface area contributed by atoms with Crippen LogP contribution in [0.2, 0.25) is 0 Å². The molecule has 2 aromatic carbocycles. The summed E-state index contributed by atoms with van der Waals surface area (Å²) in [5.74, 6) is 0.704. The van der Waals surface area contributed by atoms with Crippen molar-refractivity contribution in [1.29, 1.82) is 0 Å². The number of ether oxygens (including phenoxy) is 1. The third-order valence-corrected chi connectivity index (χ3v) is 3.62. The second kappa shape index (κ2) is 7.27. The third-order valence-electron chi connectivity index (χ3n) is 3.62. The zero-order valence-electron chi connectivity index (χ0n) is 13.3. The van der Waals surface area contributed by atoms with Crippen LogP contribution in [0.4, 0.5) is 0 Å². The van der Waals surface area contributed by atoms with E-state index in [-0.39, 0.29) is 25.1 Å². The monoisotopic (exact) mass is 301 g/mol. The Morgan fingerprint density at radius 2 is 1.86 bits per heavy atom. The molecule has 0 spiro atoms. The smallest absolute Gasteiger partial charge is 0.219 e. The van der Waals surface area contributed by atoms with Crippen molar-refractivity contribution in [1.82, 2.24) is 4.90 Å². The summed E-state index contributed by atoms with van der Waals surface area (Å²) in [5, 5.41) is 12.2. The number of hydrogen-bond acceptors (Lipinski definition) is 3. The highest BCUT2D eigenvalue weighted by Gasteiger charge is 2.17. The van der Waals surface area contributed by atoms with Gasteiger partial charge < -0.3 is 14.7 Å². The molecule has 0 aliphatic carbocycles. The molecule has 2 rings (SSSR count). The second-order valence-corrected chi connectivity index (χ2v) is 5.71. The van der Waals surface area contributed by atoms with Crippen LogP contribution in [0.5, 0.6) is 5.75 Å². The summed E-state index contributed by atoms with van der Waals surface area (Å²) in [7, 11) is 0. The van der Waals surface area contributed by atoms with Gasteiger partial charge in [-0.05, 0) is 25.3 Å². The van der Waals surface area contributed by atoms with Crippen LogP contribution in [0.15, 0.2) is 42.5 Å². The molecule has 118 valence electrons. The molecular formula is C18H23NO3. The Morgan fingerprint density at radius 1 is 1.18 bits per heavy atom. The highest BCUT2D eigenvalue weighted by Crippen LogP contribution is 2.25. The van der Waals surface area contributed by atoms with Gasteiger partial charge in [0.1, 0.15) is 18.5 Å². The predicted octanol–water partition coefficient (Wildman–Crippen LogP) is 2.84. The molecule has 0 bridgehead atoms. The van der Waals surface area contributed by atoms with Crippen LogP contribution in [0, 0.1) is 0 Å². The fraction of sp³-hybridized carbons (Fsp3) is 0.389. The average molecular weight is 301 g/mol. The van der Waals surface area contributed by atoms with Crippen LogP contribution >= 0.6 is 0 Å². The zero-order chi connectivity index (χ0) is 16.1. The molecule has 4 nitrogen and oxygen atoms in total. The summed E-state index contributed by atoms with van der Waals surface area (Å²) in [6.45, 7) is 5.81. The second-order valence-electron chi connectivity index (χ2n) is 5.71. The van der Waals surface area contributed by atoms with Crippen molar-refractivity contribution < 1.29 is 14.6 Å². The Bertz CT molecular complexity index is 634.